The Morgan fingerprint density at radius 2 is 1.81 bits per heavy atom. The number of benzene rings is 3. The molecule has 4 aromatic rings. The Labute approximate surface area is 187 Å². The zero-order chi connectivity index (χ0) is 22.3. The maximum absolute atomic E-state index is 12.6. The summed E-state index contributed by atoms with van der Waals surface area (Å²) in [7, 11) is 1.59. The van der Waals surface area contributed by atoms with Crippen molar-refractivity contribution in [1.82, 2.24) is 14.9 Å². The summed E-state index contributed by atoms with van der Waals surface area (Å²) in [6, 6.07) is 23.2. The van der Waals surface area contributed by atoms with Crippen molar-refractivity contribution in [3.63, 3.8) is 0 Å². The number of fused-ring (bicyclic) bond motifs is 1. The van der Waals surface area contributed by atoms with Crippen molar-refractivity contribution in [2.45, 2.75) is 26.4 Å². The van der Waals surface area contributed by atoms with Crippen molar-refractivity contribution in [3.05, 3.63) is 89.7 Å². The molecule has 164 valence electrons. The Morgan fingerprint density at radius 1 is 1.00 bits per heavy atom. The number of amides is 1. The molecule has 0 unspecified atom stereocenters. The van der Waals surface area contributed by atoms with Crippen LogP contribution >= 0.6 is 0 Å². The van der Waals surface area contributed by atoms with Crippen LogP contribution in [0.4, 0.5) is 0 Å². The molecule has 0 spiro atoms. The molecule has 1 heterocycles. The summed E-state index contributed by atoms with van der Waals surface area (Å²) in [5.41, 5.74) is 3.73. The second kappa shape index (κ2) is 10.0. The molecule has 4 rings (SSSR count). The van der Waals surface area contributed by atoms with Gasteiger partial charge >= 0.3 is 0 Å². The number of rotatable bonds is 9. The van der Waals surface area contributed by atoms with E-state index in [1.165, 1.54) is 5.56 Å². The monoisotopic (exact) mass is 429 g/mol. The van der Waals surface area contributed by atoms with E-state index in [1.54, 1.807) is 25.3 Å². The fraction of sp³-hybridized carbons (Fsp3) is 0.231. The van der Waals surface area contributed by atoms with Crippen molar-refractivity contribution in [2.75, 3.05) is 13.7 Å². The maximum atomic E-state index is 12.6. The molecule has 0 aliphatic heterocycles. The minimum Gasteiger partial charge on any atom is -0.497 e. The molecule has 1 N–H and O–H groups in total. The highest BCUT2D eigenvalue weighted by atomic mass is 16.5. The van der Waals surface area contributed by atoms with Crippen LogP contribution in [0.2, 0.25) is 0 Å². The number of imidazole rings is 1. The Morgan fingerprint density at radius 3 is 2.62 bits per heavy atom. The van der Waals surface area contributed by atoms with Gasteiger partial charge in [0.1, 0.15) is 17.3 Å². The van der Waals surface area contributed by atoms with E-state index in [4.69, 9.17) is 14.5 Å². The van der Waals surface area contributed by atoms with Gasteiger partial charge in [-0.1, -0.05) is 35.9 Å². The number of hydrogen-bond acceptors (Lipinski definition) is 4. The summed E-state index contributed by atoms with van der Waals surface area (Å²) in [5, 5.41) is 2.98. The SMILES string of the molecule is COc1cccc(C(=O)NCc2nc3ccccc3n2CCCOc2ccc(C)cc2)c1. The number of carbonyl (C=O) groups is 1. The van der Waals surface area contributed by atoms with E-state index in [9.17, 15) is 4.79 Å². The maximum Gasteiger partial charge on any atom is 0.251 e. The van der Waals surface area contributed by atoms with Gasteiger partial charge < -0.3 is 19.4 Å². The topological polar surface area (TPSA) is 65.4 Å². The molecule has 0 saturated heterocycles. The lowest BCUT2D eigenvalue weighted by Gasteiger charge is -2.11. The minimum atomic E-state index is -0.162. The predicted octanol–water partition coefficient (Wildman–Crippen LogP) is 4.75. The highest BCUT2D eigenvalue weighted by Gasteiger charge is 2.13. The zero-order valence-electron chi connectivity index (χ0n) is 18.4. The van der Waals surface area contributed by atoms with Gasteiger partial charge in [-0.05, 0) is 55.8 Å². The van der Waals surface area contributed by atoms with Gasteiger partial charge in [0.05, 0.1) is 31.3 Å². The minimum absolute atomic E-state index is 0.162. The highest BCUT2D eigenvalue weighted by molar-refractivity contribution is 5.94. The number of nitrogens with one attached hydrogen (secondary N) is 1. The molecule has 3 aromatic carbocycles. The summed E-state index contributed by atoms with van der Waals surface area (Å²) < 4.78 is 13.2. The molecule has 0 radical (unpaired) electrons. The molecule has 0 fully saturated rings. The lowest BCUT2D eigenvalue weighted by atomic mass is 10.2. The zero-order valence-corrected chi connectivity index (χ0v) is 18.4. The third-order valence-electron chi connectivity index (χ3n) is 5.29. The number of para-hydroxylation sites is 2. The standard InChI is InChI=1S/C26H27N3O3/c1-19-11-13-21(14-12-19)32-16-6-15-29-24-10-4-3-9-23(24)28-25(29)18-27-26(30)20-7-5-8-22(17-20)31-2/h3-5,7-14,17H,6,15-16,18H2,1-2H3,(H,27,30). The second-order valence-electron chi connectivity index (χ2n) is 7.60. The predicted molar refractivity (Wildman–Crippen MR) is 125 cm³/mol. The summed E-state index contributed by atoms with van der Waals surface area (Å²) >= 11 is 0. The van der Waals surface area contributed by atoms with Gasteiger partial charge in [-0.15, -0.1) is 0 Å². The first-order valence-corrected chi connectivity index (χ1v) is 10.7. The summed E-state index contributed by atoms with van der Waals surface area (Å²) in [5.74, 6) is 2.18. The lowest BCUT2D eigenvalue weighted by Crippen LogP contribution is -2.25. The van der Waals surface area contributed by atoms with E-state index in [2.05, 4.69) is 22.9 Å². The average Bonchev–Trinajstić information content (AvgIpc) is 3.19. The summed E-state index contributed by atoms with van der Waals surface area (Å²) in [4.78, 5) is 17.4. The quantitative estimate of drug-likeness (QED) is 0.390. The average molecular weight is 430 g/mol. The molecule has 0 aliphatic carbocycles. The first-order valence-electron chi connectivity index (χ1n) is 10.7. The first-order chi connectivity index (χ1) is 15.6. The van der Waals surface area contributed by atoms with Gasteiger partial charge in [0, 0.05) is 12.1 Å². The van der Waals surface area contributed by atoms with Crippen LogP contribution in [-0.2, 0) is 13.1 Å². The van der Waals surface area contributed by atoms with E-state index in [1.807, 2.05) is 48.5 Å². The van der Waals surface area contributed by atoms with Crippen molar-refractivity contribution in [2.24, 2.45) is 0 Å². The normalized spacial score (nSPS) is 10.8. The number of hydrogen-bond donors (Lipinski definition) is 1. The second-order valence-corrected chi connectivity index (χ2v) is 7.60. The molecule has 6 heteroatoms. The van der Waals surface area contributed by atoms with Gasteiger partial charge in [0.15, 0.2) is 0 Å². The Hall–Kier alpha value is -3.80. The van der Waals surface area contributed by atoms with E-state index >= 15 is 0 Å². The number of nitrogens with zero attached hydrogens (tertiary/aromatic N) is 2. The fourth-order valence-corrected chi connectivity index (χ4v) is 3.58. The van der Waals surface area contributed by atoms with Crippen molar-refractivity contribution in [3.8, 4) is 11.5 Å². The molecule has 0 saturated carbocycles. The molecular weight excluding hydrogens is 402 g/mol. The van der Waals surface area contributed by atoms with Crippen LogP contribution in [-0.4, -0.2) is 29.2 Å². The third-order valence-corrected chi connectivity index (χ3v) is 5.29. The molecule has 0 aliphatic rings. The van der Waals surface area contributed by atoms with Gasteiger partial charge in [0.2, 0.25) is 0 Å². The van der Waals surface area contributed by atoms with Crippen LogP contribution in [0.1, 0.15) is 28.2 Å². The number of aromatic nitrogens is 2. The smallest absolute Gasteiger partial charge is 0.251 e. The molecule has 0 bridgehead atoms. The van der Waals surface area contributed by atoms with Crippen LogP contribution in [0.15, 0.2) is 72.8 Å². The van der Waals surface area contributed by atoms with E-state index in [0.717, 1.165) is 35.6 Å². The van der Waals surface area contributed by atoms with E-state index < -0.39 is 0 Å². The third kappa shape index (κ3) is 5.09. The van der Waals surface area contributed by atoms with Crippen molar-refractivity contribution >= 4 is 16.9 Å². The first kappa shape index (κ1) is 21.4. The van der Waals surface area contributed by atoms with Crippen molar-refractivity contribution in [1.29, 1.82) is 0 Å². The van der Waals surface area contributed by atoms with Crippen LogP contribution in [0.3, 0.4) is 0 Å². The van der Waals surface area contributed by atoms with Crippen LogP contribution in [0.25, 0.3) is 11.0 Å². The van der Waals surface area contributed by atoms with Crippen LogP contribution in [0.5, 0.6) is 11.5 Å². The number of aryl methyl sites for hydroxylation is 2. The Bertz CT molecular complexity index is 1200. The van der Waals surface area contributed by atoms with Crippen LogP contribution in [0, 0.1) is 6.92 Å². The molecule has 0 atom stereocenters. The summed E-state index contributed by atoms with van der Waals surface area (Å²) in [6.07, 6.45) is 0.824. The van der Waals surface area contributed by atoms with E-state index in [0.29, 0.717) is 24.5 Å². The van der Waals surface area contributed by atoms with Gasteiger partial charge in [0.25, 0.3) is 5.91 Å². The highest BCUT2D eigenvalue weighted by Crippen LogP contribution is 2.18. The number of ether oxygens (including phenoxy) is 2. The van der Waals surface area contributed by atoms with Gasteiger partial charge in [-0.25, -0.2) is 4.98 Å². The molecule has 6 nitrogen and oxygen atoms in total. The largest absolute Gasteiger partial charge is 0.497 e. The van der Waals surface area contributed by atoms with Crippen molar-refractivity contribution < 1.29 is 14.3 Å². The molecule has 32 heavy (non-hydrogen) atoms. The molecule has 1 amide bonds. The molecular formula is C26H27N3O3. The number of methoxy groups -OCH3 is 1. The Balaban J connectivity index is 1.42. The summed E-state index contributed by atoms with van der Waals surface area (Å²) in [6.45, 7) is 3.74. The number of carbonyl (C=O) groups excluding carboxylic acids is 1. The fourth-order valence-electron chi connectivity index (χ4n) is 3.58. The lowest BCUT2D eigenvalue weighted by molar-refractivity contribution is 0.0949. The Kier molecular flexibility index (Phi) is 6.70. The van der Waals surface area contributed by atoms with Gasteiger partial charge in [-0.2, -0.15) is 0 Å². The molecule has 1 aromatic heterocycles. The van der Waals surface area contributed by atoms with E-state index in [-0.39, 0.29) is 5.91 Å². The van der Waals surface area contributed by atoms with Crippen LogP contribution < -0.4 is 14.8 Å². The van der Waals surface area contributed by atoms with Gasteiger partial charge in [-0.3, -0.25) is 4.79 Å².